The van der Waals surface area contributed by atoms with Gasteiger partial charge in [0.05, 0.1) is 0 Å². The molecule has 0 amide bonds. The number of rotatable bonds is 7. The number of likely N-dealkylation sites (tertiary alicyclic amines) is 1. The molecule has 0 aliphatic carbocycles. The first-order valence-electron chi connectivity index (χ1n) is 9.44. The molecule has 2 rings (SSSR count). The van der Waals surface area contributed by atoms with Crippen molar-refractivity contribution in [2.45, 2.75) is 45.2 Å². The predicted octanol–water partition coefficient (Wildman–Crippen LogP) is 2.70. The van der Waals surface area contributed by atoms with E-state index in [9.17, 15) is 0 Å². The summed E-state index contributed by atoms with van der Waals surface area (Å²) in [5.74, 6) is 1.83. The monoisotopic (exact) mass is 474 g/mol. The number of halogens is 1. The van der Waals surface area contributed by atoms with Crippen LogP contribution in [0.3, 0.4) is 0 Å². The highest BCUT2D eigenvalue weighted by Crippen LogP contribution is 2.18. The minimum Gasteiger partial charge on any atom is -0.363 e. The molecule has 7 heteroatoms. The van der Waals surface area contributed by atoms with Gasteiger partial charge in [0.1, 0.15) is 5.82 Å². The van der Waals surface area contributed by atoms with Crippen molar-refractivity contribution < 1.29 is 0 Å². The van der Waals surface area contributed by atoms with Gasteiger partial charge in [-0.25, -0.2) is 4.98 Å². The maximum atomic E-state index is 4.35. The second-order valence-electron chi connectivity index (χ2n) is 6.86. The van der Waals surface area contributed by atoms with E-state index in [1.807, 2.05) is 38.3 Å². The van der Waals surface area contributed by atoms with E-state index in [2.05, 4.69) is 38.5 Å². The average molecular weight is 474 g/mol. The van der Waals surface area contributed by atoms with Crippen molar-refractivity contribution in [3.05, 3.63) is 23.9 Å². The largest absolute Gasteiger partial charge is 0.363 e. The number of aliphatic imine (C=N–C) groups is 1. The molecule has 0 saturated carbocycles. The molecule has 1 aromatic heterocycles. The number of aromatic nitrogens is 1. The molecule has 1 aromatic rings. The van der Waals surface area contributed by atoms with Gasteiger partial charge >= 0.3 is 0 Å². The fraction of sp³-hybridized carbons (Fsp3) is 0.684. The molecule has 6 nitrogen and oxygen atoms in total. The summed E-state index contributed by atoms with van der Waals surface area (Å²) in [5, 5.41) is 6.83. The molecule has 0 bridgehead atoms. The zero-order valence-electron chi connectivity index (χ0n) is 16.7. The van der Waals surface area contributed by atoms with Crippen molar-refractivity contribution in [1.29, 1.82) is 0 Å². The van der Waals surface area contributed by atoms with Gasteiger partial charge in [-0.05, 0) is 43.5 Å². The third-order valence-corrected chi connectivity index (χ3v) is 4.86. The summed E-state index contributed by atoms with van der Waals surface area (Å²) >= 11 is 0. The van der Waals surface area contributed by atoms with Crippen LogP contribution < -0.4 is 15.5 Å². The third kappa shape index (κ3) is 7.26. The van der Waals surface area contributed by atoms with Crippen molar-refractivity contribution >= 4 is 35.8 Å². The minimum atomic E-state index is 0. The number of hydrogen-bond donors (Lipinski definition) is 2. The molecule has 0 aromatic carbocycles. The molecule has 0 radical (unpaired) electrons. The lowest BCUT2D eigenvalue weighted by atomic mass is 10.0. The Hall–Kier alpha value is -1.09. The Bertz CT molecular complexity index is 549. The maximum absolute atomic E-state index is 4.35. The fourth-order valence-corrected chi connectivity index (χ4v) is 3.36. The summed E-state index contributed by atoms with van der Waals surface area (Å²) in [6.45, 7) is 6.28. The number of pyridine rings is 1. The van der Waals surface area contributed by atoms with Crippen LogP contribution in [0.4, 0.5) is 5.82 Å². The first-order valence-corrected chi connectivity index (χ1v) is 9.44. The van der Waals surface area contributed by atoms with Crippen molar-refractivity contribution in [3.8, 4) is 0 Å². The molecule has 1 aliphatic rings. The van der Waals surface area contributed by atoms with Gasteiger partial charge in [-0.15, -0.1) is 24.0 Å². The van der Waals surface area contributed by atoms with Crippen LogP contribution in [-0.4, -0.2) is 62.7 Å². The Balaban J connectivity index is 0.00000338. The van der Waals surface area contributed by atoms with E-state index >= 15 is 0 Å². The van der Waals surface area contributed by atoms with Gasteiger partial charge in [-0.3, -0.25) is 9.89 Å². The van der Waals surface area contributed by atoms with Crippen LogP contribution in [0.15, 0.2) is 23.3 Å². The lowest BCUT2D eigenvalue weighted by molar-refractivity contribution is 0.147. The zero-order valence-corrected chi connectivity index (χ0v) is 19.0. The molecule has 0 spiro atoms. The number of anilines is 1. The molecule has 1 saturated heterocycles. The van der Waals surface area contributed by atoms with Gasteiger partial charge in [0.15, 0.2) is 5.96 Å². The summed E-state index contributed by atoms with van der Waals surface area (Å²) in [5.41, 5.74) is 1.20. The SMILES string of the molecule is CCC1CCCCN1CCNC(=NC)NCc1ccnc(N(C)C)c1.I. The van der Waals surface area contributed by atoms with Gasteiger partial charge in [0.2, 0.25) is 0 Å². The van der Waals surface area contributed by atoms with E-state index in [4.69, 9.17) is 0 Å². The smallest absolute Gasteiger partial charge is 0.191 e. The lowest BCUT2D eigenvalue weighted by Gasteiger charge is -2.35. The average Bonchev–Trinajstić information content (AvgIpc) is 2.65. The Kier molecular flexibility index (Phi) is 10.9. The van der Waals surface area contributed by atoms with Crippen molar-refractivity contribution in [3.63, 3.8) is 0 Å². The van der Waals surface area contributed by atoms with Crippen LogP contribution in [0.2, 0.25) is 0 Å². The van der Waals surface area contributed by atoms with Crippen molar-refractivity contribution in [2.75, 3.05) is 45.7 Å². The molecule has 1 fully saturated rings. The zero-order chi connectivity index (χ0) is 18.1. The molecular weight excluding hydrogens is 439 g/mol. The van der Waals surface area contributed by atoms with Gasteiger partial charge in [-0.2, -0.15) is 0 Å². The Morgan fingerprint density at radius 1 is 1.35 bits per heavy atom. The van der Waals surface area contributed by atoms with Gasteiger partial charge in [0.25, 0.3) is 0 Å². The highest BCUT2D eigenvalue weighted by atomic mass is 127. The second kappa shape index (κ2) is 12.3. The van der Waals surface area contributed by atoms with Crippen LogP contribution in [0.1, 0.15) is 38.2 Å². The lowest BCUT2D eigenvalue weighted by Crippen LogP contribution is -2.45. The highest BCUT2D eigenvalue weighted by molar-refractivity contribution is 14.0. The number of nitrogens with zero attached hydrogens (tertiary/aromatic N) is 4. The second-order valence-corrected chi connectivity index (χ2v) is 6.86. The number of nitrogens with one attached hydrogen (secondary N) is 2. The van der Waals surface area contributed by atoms with E-state index in [1.165, 1.54) is 37.8 Å². The number of guanidine groups is 1. The predicted molar refractivity (Wildman–Crippen MR) is 122 cm³/mol. The summed E-state index contributed by atoms with van der Waals surface area (Å²) < 4.78 is 0. The number of hydrogen-bond acceptors (Lipinski definition) is 4. The molecule has 2 N–H and O–H groups in total. The van der Waals surface area contributed by atoms with Crippen LogP contribution in [0.5, 0.6) is 0 Å². The number of piperidine rings is 1. The molecule has 2 heterocycles. The van der Waals surface area contributed by atoms with Gasteiger partial charge in [0, 0.05) is 53.0 Å². The van der Waals surface area contributed by atoms with E-state index in [0.29, 0.717) is 0 Å². The van der Waals surface area contributed by atoms with Crippen molar-refractivity contribution in [2.24, 2.45) is 4.99 Å². The summed E-state index contributed by atoms with van der Waals surface area (Å²) in [6, 6.07) is 4.89. The van der Waals surface area contributed by atoms with Crippen LogP contribution in [0, 0.1) is 0 Å². The summed E-state index contributed by atoms with van der Waals surface area (Å²) in [4.78, 5) is 13.3. The van der Waals surface area contributed by atoms with E-state index in [1.54, 1.807) is 0 Å². The van der Waals surface area contributed by atoms with Crippen molar-refractivity contribution in [1.82, 2.24) is 20.5 Å². The van der Waals surface area contributed by atoms with E-state index in [0.717, 1.165) is 37.5 Å². The topological polar surface area (TPSA) is 55.8 Å². The first kappa shape index (κ1) is 23.0. The Labute approximate surface area is 175 Å². The maximum Gasteiger partial charge on any atom is 0.191 e. The Morgan fingerprint density at radius 2 is 2.15 bits per heavy atom. The van der Waals surface area contributed by atoms with E-state index < -0.39 is 0 Å². The van der Waals surface area contributed by atoms with Gasteiger partial charge in [-0.1, -0.05) is 13.3 Å². The molecule has 1 aliphatic heterocycles. The molecule has 1 unspecified atom stereocenters. The third-order valence-electron chi connectivity index (χ3n) is 4.86. The van der Waals surface area contributed by atoms with Crippen LogP contribution >= 0.6 is 24.0 Å². The standard InChI is InChI=1S/C19H34N6.HI/c1-5-17-8-6-7-12-25(17)13-11-22-19(20-2)23-15-16-9-10-21-18(14-16)24(3)4;/h9-10,14,17H,5-8,11-13,15H2,1-4H3,(H2,20,22,23);1H. The first-order chi connectivity index (χ1) is 12.1. The molecule has 1 atom stereocenters. The summed E-state index contributed by atoms with van der Waals surface area (Å²) in [7, 11) is 5.83. The van der Waals surface area contributed by atoms with Gasteiger partial charge < -0.3 is 15.5 Å². The molecule has 148 valence electrons. The van der Waals surface area contributed by atoms with Crippen LogP contribution in [0.25, 0.3) is 0 Å². The van der Waals surface area contributed by atoms with E-state index in [-0.39, 0.29) is 24.0 Å². The summed E-state index contributed by atoms with van der Waals surface area (Å²) in [6.07, 6.45) is 7.17. The molecule has 26 heavy (non-hydrogen) atoms. The minimum absolute atomic E-state index is 0. The normalized spacial score (nSPS) is 18.2. The molecular formula is C19H35IN6. The quantitative estimate of drug-likeness (QED) is 0.362. The fourth-order valence-electron chi connectivity index (χ4n) is 3.36. The Morgan fingerprint density at radius 3 is 2.85 bits per heavy atom. The highest BCUT2D eigenvalue weighted by Gasteiger charge is 2.19. The van der Waals surface area contributed by atoms with Crippen LogP contribution in [-0.2, 0) is 6.54 Å².